The molecule has 1 aromatic rings. The predicted octanol–water partition coefficient (Wildman–Crippen LogP) is 2.06. The topological polar surface area (TPSA) is 88.7 Å². The van der Waals surface area contributed by atoms with E-state index in [1.807, 2.05) is 24.3 Å². The zero-order chi connectivity index (χ0) is 18.0. The number of nitrogens with one attached hydrogen (secondary N) is 3. The Morgan fingerprint density at radius 2 is 1.71 bits per heavy atom. The van der Waals surface area contributed by atoms with E-state index in [9.17, 15) is 9.59 Å². The highest BCUT2D eigenvalue weighted by atomic mass is 16.6. The maximum Gasteiger partial charge on any atom is 0.407 e. The van der Waals surface area contributed by atoms with E-state index < -0.39 is 11.7 Å². The molecule has 0 aliphatic rings. The molecule has 0 heterocycles. The van der Waals surface area contributed by atoms with Crippen molar-refractivity contribution in [2.24, 2.45) is 0 Å². The Balaban J connectivity index is 2.13. The summed E-state index contributed by atoms with van der Waals surface area (Å²) in [5.74, 6) is 0.796. The van der Waals surface area contributed by atoms with Crippen LogP contribution < -0.4 is 20.7 Å². The van der Waals surface area contributed by atoms with Gasteiger partial charge in [0, 0.05) is 19.6 Å². The van der Waals surface area contributed by atoms with Crippen molar-refractivity contribution in [1.82, 2.24) is 16.0 Å². The van der Waals surface area contributed by atoms with Crippen LogP contribution >= 0.6 is 0 Å². The second-order valence-corrected chi connectivity index (χ2v) is 6.21. The lowest BCUT2D eigenvalue weighted by molar-refractivity contribution is 0.0528. The maximum atomic E-state index is 11.6. The quantitative estimate of drug-likeness (QED) is 0.665. The summed E-state index contributed by atoms with van der Waals surface area (Å²) in [6, 6.07) is 7.43. The largest absolute Gasteiger partial charge is 0.497 e. The lowest BCUT2D eigenvalue weighted by Crippen LogP contribution is -2.41. The maximum absolute atomic E-state index is 11.6. The van der Waals surface area contributed by atoms with Gasteiger partial charge in [-0.15, -0.1) is 0 Å². The minimum absolute atomic E-state index is 0.274. The Morgan fingerprint density at radius 1 is 1.04 bits per heavy atom. The van der Waals surface area contributed by atoms with Crippen molar-refractivity contribution >= 4 is 12.1 Å². The summed E-state index contributed by atoms with van der Waals surface area (Å²) < 4.78 is 10.2. The first-order chi connectivity index (χ1) is 11.3. The Labute approximate surface area is 143 Å². The minimum Gasteiger partial charge on any atom is -0.497 e. The molecule has 0 saturated heterocycles. The number of benzene rings is 1. The SMILES string of the molecule is COc1cccc(CCNC(=O)NCCNC(=O)OC(C)(C)C)c1. The smallest absolute Gasteiger partial charge is 0.407 e. The molecule has 0 aromatic heterocycles. The van der Waals surface area contributed by atoms with Gasteiger partial charge >= 0.3 is 12.1 Å². The van der Waals surface area contributed by atoms with Crippen molar-refractivity contribution in [3.8, 4) is 5.75 Å². The van der Waals surface area contributed by atoms with E-state index in [0.29, 0.717) is 26.1 Å². The van der Waals surface area contributed by atoms with Gasteiger partial charge in [-0.3, -0.25) is 0 Å². The van der Waals surface area contributed by atoms with Crippen LogP contribution in [-0.4, -0.2) is 44.5 Å². The molecule has 0 radical (unpaired) electrons. The fraction of sp³-hybridized carbons (Fsp3) is 0.529. The van der Waals surface area contributed by atoms with Crippen molar-refractivity contribution < 1.29 is 19.1 Å². The standard InChI is InChI=1S/C17H27N3O4/c1-17(2,3)24-16(22)20-11-10-19-15(21)18-9-8-13-6-5-7-14(12-13)23-4/h5-7,12H,8-11H2,1-4H3,(H,20,22)(H2,18,19,21). The fourth-order valence-electron chi connectivity index (χ4n) is 1.87. The molecule has 0 fully saturated rings. The monoisotopic (exact) mass is 337 g/mol. The number of methoxy groups -OCH3 is 1. The summed E-state index contributed by atoms with van der Waals surface area (Å²) in [7, 11) is 1.62. The highest BCUT2D eigenvalue weighted by molar-refractivity contribution is 5.74. The molecule has 0 unspecified atom stereocenters. The molecule has 0 aliphatic carbocycles. The number of carbonyl (C=O) groups excluding carboxylic acids is 2. The molecule has 7 nitrogen and oxygen atoms in total. The number of hydrogen-bond donors (Lipinski definition) is 3. The first-order valence-electron chi connectivity index (χ1n) is 7.91. The van der Waals surface area contributed by atoms with Crippen LogP contribution in [0.25, 0.3) is 0 Å². The molecule has 3 N–H and O–H groups in total. The number of carbonyl (C=O) groups is 2. The number of amides is 3. The molecular weight excluding hydrogens is 310 g/mol. The molecule has 0 saturated carbocycles. The van der Waals surface area contributed by atoms with Gasteiger partial charge < -0.3 is 25.4 Å². The van der Waals surface area contributed by atoms with E-state index in [4.69, 9.17) is 9.47 Å². The summed E-state index contributed by atoms with van der Waals surface area (Å²) in [5.41, 5.74) is 0.552. The molecule has 1 aromatic carbocycles. The summed E-state index contributed by atoms with van der Waals surface area (Å²) in [4.78, 5) is 23.1. The van der Waals surface area contributed by atoms with Crippen LogP contribution in [0, 0.1) is 0 Å². The summed E-state index contributed by atoms with van der Waals surface area (Å²) in [5, 5.41) is 8.00. The fourth-order valence-corrected chi connectivity index (χ4v) is 1.87. The van der Waals surface area contributed by atoms with Crippen molar-refractivity contribution in [2.75, 3.05) is 26.7 Å². The summed E-state index contributed by atoms with van der Waals surface area (Å²) >= 11 is 0. The third-order valence-electron chi connectivity index (χ3n) is 2.91. The number of urea groups is 1. The third kappa shape index (κ3) is 8.87. The van der Waals surface area contributed by atoms with Gasteiger partial charge in [-0.25, -0.2) is 9.59 Å². The van der Waals surface area contributed by atoms with Gasteiger partial charge in [0.25, 0.3) is 0 Å². The van der Waals surface area contributed by atoms with E-state index in [2.05, 4.69) is 16.0 Å². The van der Waals surface area contributed by atoms with Gasteiger partial charge in [0.2, 0.25) is 0 Å². The molecular formula is C17H27N3O4. The van der Waals surface area contributed by atoms with Crippen LogP contribution in [0.1, 0.15) is 26.3 Å². The lowest BCUT2D eigenvalue weighted by Gasteiger charge is -2.19. The zero-order valence-corrected chi connectivity index (χ0v) is 14.8. The first kappa shape index (κ1) is 19.6. The molecule has 24 heavy (non-hydrogen) atoms. The summed E-state index contributed by atoms with van der Waals surface area (Å²) in [6.45, 7) is 6.52. The van der Waals surface area contributed by atoms with Gasteiger partial charge in [0.15, 0.2) is 0 Å². The molecule has 0 bridgehead atoms. The van der Waals surface area contributed by atoms with E-state index >= 15 is 0 Å². The Hall–Kier alpha value is -2.44. The minimum atomic E-state index is -0.533. The molecule has 0 aliphatic heterocycles. The summed E-state index contributed by atoms with van der Waals surface area (Å²) in [6.07, 6.45) is 0.212. The van der Waals surface area contributed by atoms with Gasteiger partial charge in [-0.05, 0) is 44.9 Å². The predicted molar refractivity (Wildman–Crippen MR) is 92.3 cm³/mol. The molecule has 134 valence electrons. The van der Waals surface area contributed by atoms with Crippen LogP contribution in [-0.2, 0) is 11.2 Å². The average Bonchev–Trinajstić information content (AvgIpc) is 2.50. The molecule has 0 atom stereocenters. The number of ether oxygens (including phenoxy) is 2. The Bertz CT molecular complexity index is 541. The van der Waals surface area contributed by atoms with Gasteiger partial charge in [0.1, 0.15) is 11.4 Å². The second-order valence-electron chi connectivity index (χ2n) is 6.21. The first-order valence-corrected chi connectivity index (χ1v) is 7.91. The second kappa shape index (κ2) is 9.64. The van der Waals surface area contributed by atoms with Gasteiger partial charge in [-0.2, -0.15) is 0 Å². The van der Waals surface area contributed by atoms with E-state index in [1.54, 1.807) is 27.9 Å². The van der Waals surface area contributed by atoms with E-state index in [1.165, 1.54) is 0 Å². The van der Waals surface area contributed by atoms with Crippen LogP contribution in [0.5, 0.6) is 5.75 Å². The van der Waals surface area contributed by atoms with Crippen molar-refractivity contribution in [2.45, 2.75) is 32.8 Å². The Morgan fingerprint density at radius 3 is 2.38 bits per heavy atom. The number of rotatable bonds is 7. The highest BCUT2D eigenvalue weighted by Gasteiger charge is 2.15. The molecule has 7 heteroatoms. The number of hydrogen-bond acceptors (Lipinski definition) is 4. The average molecular weight is 337 g/mol. The normalized spacial score (nSPS) is 10.7. The zero-order valence-electron chi connectivity index (χ0n) is 14.8. The van der Waals surface area contributed by atoms with E-state index in [-0.39, 0.29) is 6.03 Å². The van der Waals surface area contributed by atoms with Crippen LogP contribution in [0.4, 0.5) is 9.59 Å². The van der Waals surface area contributed by atoms with Crippen molar-refractivity contribution in [3.05, 3.63) is 29.8 Å². The molecule has 3 amide bonds. The Kier molecular flexibility index (Phi) is 7.88. The number of alkyl carbamates (subject to hydrolysis) is 1. The molecule has 0 spiro atoms. The van der Waals surface area contributed by atoms with Crippen molar-refractivity contribution in [3.63, 3.8) is 0 Å². The van der Waals surface area contributed by atoms with Gasteiger partial charge in [0.05, 0.1) is 7.11 Å². The highest BCUT2D eigenvalue weighted by Crippen LogP contribution is 2.12. The lowest BCUT2D eigenvalue weighted by atomic mass is 10.1. The van der Waals surface area contributed by atoms with Gasteiger partial charge in [-0.1, -0.05) is 12.1 Å². The third-order valence-corrected chi connectivity index (χ3v) is 2.91. The van der Waals surface area contributed by atoms with Crippen LogP contribution in [0.2, 0.25) is 0 Å². The van der Waals surface area contributed by atoms with E-state index in [0.717, 1.165) is 11.3 Å². The van der Waals surface area contributed by atoms with Crippen LogP contribution in [0.15, 0.2) is 24.3 Å². The van der Waals surface area contributed by atoms with Crippen LogP contribution in [0.3, 0.4) is 0 Å². The molecule has 1 rings (SSSR count). The van der Waals surface area contributed by atoms with Crippen molar-refractivity contribution in [1.29, 1.82) is 0 Å².